The summed E-state index contributed by atoms with van der Waals surface area (Å²) in [5, 5.41) is 0. The fraction of sp³-hybridized carbons (Fsp3) is 0.389. The van der Waals surface area contributed by atoms with Gasteiger partial charge >= 0.3 is 0 Å². The summed E-state index contributed by atoms with van der Waals surface area (Å²) in [6.45, 7) is 2.63. The van der Waals surface area contributed by atoms with Gasteiger partial charge in [-0.3, -0.25) is 9.78 Å². The number of aryl methyl sites for hydroxylation is 1. The van der Waals surface area contributed by atoms with E-state index in [1.54, 1.807) is 19.5 Å². The predicted octanol–water partition coefficient (Wildman–Crippen LogP) is 2.64. The number of benzene rings is 1. The van der Waals surface area contributed by atoms with E-state index in [2.05, 4.69) is 16.0 Å². The molecule has 0 bridgehead atoms. The number of hydrogen-bond donors (Lipinski definition) is 0. The number of likely N-dealkylation sites (tertiary alicyclic amines) is 1. The van der Waals surface area contributed by atoms with Crippen molar-refractivity contribution in [1.82, 2.24) is 14.9 Å². The van der Waals surface area contributed by atoms with Crippen molar-refractivity contribution < 1.29 is 9.53 Å². The van der Waals surface area contributed by atoms with Gasteiger partial charge in [0.25, 0.3) is 5.91 Å². The topological polar surface area (TPSA) is 55.3 Å². The van der Waals surface area contributed by atoms with E-state index < -0.39 is 0 Å². The molecular weight excluding hydrogens is 290 g/mol. The molecule has 5 nitrogen and oxygen atoms in total. The molecule has 0 radical (unpaired) electrons. The Labute approximate surface area is 136 Å². The molecular formula is C18H21N3O2. The third-order valence-electron chi connectivity index (χ3n) is 4.29. The maximum Gasteiger partial charge on any atom is 0.274 e. The first kappa shape index (κ1) is 15.5. The van der Waals surface area contributed by atoms with Crippen LogP contribution < -0.4 is 4.74 Å². The zero-order valence-corrected chi connectivity index (χ0v) is 13.5. The van der Waals surface area contributed by atoms with Gasteiger partial charge in [0.15, 0.2) is 0 Å². The molecule has 0 spiro atoms. The molecule has 3 rings (SSSR count). The van der Waals surface area contributed by atoms with Crippen LogP contribution in [0.3, 0.4) is 0 Å². The molecule has 0 N–H and O–H groups in total. The van der Waals surface area contributed by atoms with Crippen molar-refractivity contribution in [3.8, 4) is 5.75 Å². The highest BCUT2D eigenvalue weighted by atomic mass is 16.5. The normalized spacial score (nSPS) is 17.3. The van der Waals surface area contributed by atoms with Gasteiger partial charge in [-0.1, -0.05) is 18.2 Å². The number of para-hydroxylation sites is 1. The molecule has 0 saturated carbocycles. The molecule has 0 aliphatic carbocycles. The van der Waals surface area contributed by atoms with E-state index in [1.165, 1.54) is 0 Å². The summed E-state index contributed by atoms with van der Waals surface area (Å²) in [5.41, 5.74) is 2.37. The van der Waals surface area contributed by atoms with E-state index in [4.69, 9.17) is 4.74 Å². The number of carbonyl (C=O) groups excluding carboxylic acids is 1. The number of nitrogens with zero attached hydrogens (tertiary/aromatic N) is 3. The van der Waals surface area contributed by atoms with Crippen molar-refractivity contribution >= 4 is 5.91 Å². The van der Waals surface area contributed by atoms with E-state index in [-0.39, 0.29) is 11.9 Å². The van der Waals surface area contributed by atoms with Crippen LogP contribution in [-0.2, 0) is 6.42 Å². The number of amides is 1. The van der Waals surface area contributed by atoms with Crippen LogP contribution in [0, 0.1) is 6.92 Å². The Hall–Kier alpha value is -2.43. The molecule has 120 valence electrons. The second-order valence-electron chi connectivity index (χ2n) is 5.85. The predicted molar refractivity (Wildman–Crippen MR) is 87.5 cm³/mol. The molecule has 0 unspecified atom stereocenters. The van der Waals surface area contributed by atoms with Gasteiger partial charge in [0, 0.05) is 18.8 Å². The summed E-state index contributed by atoms with van der Waals surface area (Å²) in [6, 6.07) is 8.17. The van der Waals surface area contributed by atoms with Gasteiger partial charge in [0.2, 0.25) is 0 Å². The lowest BCUT2D eigenvalue weighted by atomic mass is 10.0. The minimum Gasteiger partial charge on any atom is -0.496 e. The van der Waals surface area contributed by atoms with Crippen molar-refractivity contribution in [1.29, 1.82) is 0 Å². The van der Waals surface area contributed by atoms with Crippen molar-refractivity contribution in [2.75, 3.05) is 13.7 Å². The van der Waals surface area contributed by atoms with Crippen LogP contribution in [0.2, 0.25) is 0 Å². The second-order valence-corrected chi connectivity index (χ2v) is 5.85. The molecule has 1 amide bonds. The summed E-state index contributed by atoms with van der Waals surface area (Å²) >= 11 is 0. The van der Waals surface area contributed by atoms with Crippen molar-refractivity contribution in [2.24, 2.45) is 0 Å². The minimum absolute atomic E-state index is 0.0325. The van der Waals surface area contributed by atoms with Crippen LogP contribution in [0.5, 0.6) is 5.75 Å². The first-order valence-corrected chi connectivity index (χ1v) is 7.90. The Balaban J connectivity index is 1.77. The van der Waals surface area contributed by atoms with Crippen LogP contribution in [0.4, 0.5) is 0 Å². The Morgan fingerprint density at radius 3 is 2.87 bits per heavy atom. The average Bonchev–Trinajstić information content (AvgIpc) is 3.03. The maximum atomic E-state index is 12.7. The zero-order valence-electron chi connectivity index (χ0n) is 13.5. The van der Waals surface area contributed by atoms with Crippen LogP contribution in [-0.4, -0.2) is 40.5 Å². The SMILES string of the molecule is COc1ccccc1C[C@H]1CCCN1C(=O)c1cnc(C)cn1. The van der Waals surface area contributed by atoms with Gasteiger partial charge in [-0.15, -0.1) is 0 Å². The van der Waals surface area contributed by atoms with Gasteiger partial charge in [-0.05, 0) is 37.8 Å². The summed E-state index contributed by atoms with van der Waals surface area (Å²) in [5.74, 6) is 0.844. The lowest BCUT2D eigenvalue weighted by Crippen LogP contribution is -2.37. The number of hydrogen-bond acceptors (Lipinski definition) is 4. The summed E-state index contributed by atoms with van der Waals surface area (Å²) in [6.07, 6.45) is 6.03. The van der Waals surface area contributed by atoms with Crippen molar-refractivity contribution in [3.63, 3.8) is 0 Å². The molecule has 5 heteroatoms. The zero-order chi connectivity index (χ0) is 16.2. The number of carbonyl (C=O) groups is 1. The molecule has 1 atom stereocenters. The van der Waals surface area contributed by atoms with Crippen LogP contribution in [0.1, 0.15) is 34.6 Å². The molecule has 1 aromatic carbocycles. The Morgan fingerprint density at radius 1 is 1.30 bits per heavy atom. The lowest BCUT2D eigenvalue weighted by molar-refractivity contribution is 0.0729. The fourth-order valence-electron chi connectivity index (χ4n) is 3.09. The van der Waals surface area contributed by atoms with E-state index >= 15 is 0 Å². The molecule has 1 fully saturated rings. The smallest absolute Gasteiger partial charge is 0.274 e. The standard InChI is InChI=1S/C18H21N3O2/c1-13-11-20-16(12-19-13)18(22)21-9-5-7-15(21)10-14-6-3-4-8-17(14)23-2/h3-4,6,8,11-12,15H,5,7,9-10H2,1-2H3/t15-/m1/s1. The van der Waals surface area contributed by atoms with Crippen LogP contribution in [0.25, 0.3) is 0 Å². The van der Waals surface area contributed by atoms with E-state index in [1.807, 2.05) is 30.0 Å². The Morgan fingerprint density at radius 2 is 2.13 bits per heavy atom. The quantitative estimate of drug-likeness (QED) is 0.871. The number of methoxy groups -OCH3 is 1. The lowest BCUT2D eigenvalue weighted by Gasteiger charge is -2.25. The number of aromatic nitrogens is 2. The van der Waals surface area contributed by atoms with Crippen molar-refractivity contribution in [2.45, 2.75) is 32.2 Å². The Kier molecular flexibility index (Phi) is 4.55. The summed E-state index contributed by atoms with van der Waals surface area (Å²) in [7, 11) is 1.68. The first-order chi connectivity index (χ1) is 11.2. The van der Waals surface area contributed by atoms with Gasteiger partial charge in [-0.2, -0.15) is 0 Å². The number of rotatable bonds is 4. The van der Waals surface area contributed by atoms with E-state index in [0.717, 1.165) is 42.8 Å². The molecule has 1 saturated heterocycles. The van der Waals surface area contributed by atoms with E-state index in [0.29, 0.717) is 5.69 Å². The molecule has 1 aliphatic rings. The highest BCUT2D eigenvalue weighted by molar-refractivity contribution is 5.92. The number of ether oxygens (including phenoxy) is 1. The second kappa shape index (κ2) is 6.77. The maximum absolute atomic E-state index is 12.7. The average molecular weight is 311 g/mol. The fourth-order valence-corrected chi connectivity index (χ4v) is 3.09. The summed E-state index contributed by atoms with van der Waals surface area (Å²) in [4.78, 5) is 23.0. The Bertz CT molecular complexity index is 685. The summed E-state index contributed by atoms with van der Waals surface area (Å²) < 4.78 is 5.42. The van der Waals surface area contributed by atoms with Crippen LogP contribution in [0.15, 0.2) is 36.7 Å². The highest BCUT2D eigenvalue weighted by Crippen LogP contribution is 2.26. The van der Waals surface area contributed by atoms with Crippen LogP contribution >= 0.6 is 0 Å². The molecule has 2 aromatic rings. The highest BCUT2D eigenvalue weighted by Gasteiger charge is 2.30. The third-order valence-corrected chi connectivity index (χ3v) is 4.29. The largest absolute Gasteiger partial charge is 0.496 e. The third kappa shape index (κ3) is 3.33. The van der Waals surface area contributed by atoms with Gasteiger partial charge in [0.1, 0.15) is 11.4 Å². The van der Waals surface area contributed by atoms with Gasteiger partial charge < -0.3 is 9.64 Å². The first-order valence-electron chi connectivity index (χ1n) is 7.90. The molecule has 2 heterocycles. The van der Waals surface area contributed by atoms with Gasteiger partial charge in [-0.25, -0.2) is 4.98 Å². The van der Waals surface area contributed by atoms with Crippen molar-refractivity contribution in [3.05, 3.63) is 53.6 Å². The monoisotopic (exact) mass is 311 g/mol. The minimum atomic E-state index is -0.0325. The molecule has 1 aromatic heterocycles. The van der Waals surface area contributed by atoms with Gasteiger partial charge in [0.05, 0.1) is 19.0 Å². The molecule has 1 aliphatic heterocycles. The molecule has 23 heavy (non-hydrogen) atoms. The van der Waals surface area contributed by atoms with E-state index in [9.17, 15) is 4.79 Å².